The van der Waals surface area contributed by atoms with Gasteiger partial charge in [-0.05, 0) is 53.9 Å². The number of hydrogen-bond donors (Lipinski definition) is 1. The molecule has 1 N–H and O–H groups in total. The molecular weight excluding hydrogens is 422 g/mol. The summed E-state index contributed by atoms with van der Waals surface area (Å²) in [5, 5.41) is 12.0. The minimum Gasteiger partial charge on any atom is -0.490 e. The van der Waals surface area contributed by atoms with E-state index in [0.29, 0.717) is 28.1 Å². The van der Waals surface area contributed by atoms with Crippen LogP contribution in [-0.4, -0.2) is 32.2 Å². The van der Waals surface area contributed by atoms with E-state index in [1.54, 1.807) is 12.1 Å². The molecule has 0 bridgehead atoms. The van der Waals surface area contributed by atoms with Gasteiger partial charge < -0.3 is 19.7 Å². The summed E-state index contributed by atoms with van der Waals surface area (Å²) in [7, 11) is 0. The molecule has 0 spiro atoms. The third kappa shape index (κ3) is 4.76. The minimum absolute atomic E-state index is 0.168. The molecule has 0 unspecified atom stereocenters. The second-order valence-corrected chi connectivity index (χ2v) is 7.23. The van der Waals surface area contributed by atoms with Crippen molar-refractivity contribution in [3.63, 3.8) is 0 Å². The average molecular weight is 444 g/mol. The van der Waals surface area contributed by atoms with Crippen molar-refractivity contribution < 1.29 is 14.3 Å². The van der Waals surface area contributed by atoms with Crippen molar-refractivity contribution >= 4 is 33.2 Å². The van der Waals surface area contributed by atoms with Crippen molar-refractivity contribution in [2.45, 2.75) is 19.8 Å². The van der Waals surface area contributed by atoms with Crippen LogP contribution in [0.2, 0.25) is 0 Å². The Morgan fingerprint density at radius 3 is 2.71 bits per heavy atom. The smallest absolute Gasteiger partial charge is 0.262 e. The second kappa shape index (κ2) is 9.47. The Balaban J connectivity index is 1.69. The Hall–Kier alpha value is -2.72. The van der Waals surface area contributed by atoms with Gasteiger partial charge in [-0.1, -0.05) is 12.1 Å². The number of nitriles is 1. The zero-order chi connectivity index (χ0) is 19.9. The lowest BCUT2D eigenvalue weighted by Gasteiger charge is -2.21. The number of carbonyl (C=O) groups excluding carboxylic acids is 1. The summed E-state index contributed by atoms with van der Waals surface area (Å²) in [6.07, 6.45) is 2.33. The molecule has 1 heterocycles. The molecule has 28 heavy (non-hydrogen) atoms. The van der Waals surface area contributed by atoms with E-state index in [0.717, 1.165) is 37.3 Å². The summed E-state index contributed by atoms with van der Waals surface area (Å²) >= 11 is 3.39. The van der Waals surface area contributed by atoms with E-state index in [4.69, 9.17) is 14.7 Å². The number of halogens is 1. The number of para-hydroxylation sites is 2. The van der Waals surface area contributed by atoms with Gasteiger partial charge in [0.15, 0.2) is 18.1 Å². The summed E-state index contributed by atoms with van der Waals surface area (Å²) in [5.41, 5.74) is 2.26. The van der Waals surface area contributed by atoms with Gasteiger partial charge in [-0.3, -0.25) is 4.79 Å². The van der Waals surface area contributed by atoms with E-state index in [1.807, 2.05) is 31.2 Å². The normalized spacial score (nSPS) is 13.1. The fourth-order valence-electron chi connectivity index (χ4n) is 3.17. The van der Waals surface area contributed by atoms with E-state index in [1.165, 1.54) is 0 Å². The molecular formula is C21H22BrN3O3. The van der Waals surface area contributed by atoms with Gasteiger partial charge in [0.2, 0.25) is 0 Å². The monoisotopic (exact) mass is 443 g/mol. The van der Waals surface area contributed by atoms with Crippen LogP contribution in [0.25, 0.3) is 0 Å². The number of nitrogens with zero attached hydrogens (tertiary/aromatic N) is 2. The third-order valence-corrected chi connectivity index (χ3v) is 5.00. The number of anilines is 2. The van der Waals surface area contributed by atoms with Crippen LogP contribution >= 0.6 is 15.9 Å². The maximum atomic E-state index is 12.5. The van der Waals surface area contributed by atoms with E-state index < -0.39 is 0 Å². The SMILES string of the molecule is CCOc1cc(C#N)cc(Br)c1OCC(=O)Nc1ccccc1N1CCCC1. The molecule has 7 heteroatoms. The number of carbonyl (C=O) groups is 1. The lowest BCUT2D eigenvalue weighted by molar-refractivity contribution is -0.118. The van der Waals surface area contributed by atoms with Crippen molar-refractivity contribution in [3.05, 3.63) is 46.4 Å². The molecule has 0 aromatic heterocycles. The van der Waals surface area contributed by atoms with Crippen LogP contribution in [-0.2, 0) is 4.79 Å². The highest BCUT2D eigenvalue weighted by Gasteiger charge is 2.18. The fourth-order valence-corrected chi connectivity index (χ4v) is 3.73. The van der Waals surface area contributed by atoms with Crippen molar-refractivity contribution in [3.8, 4) is 17.6 Å². The van der Waals surface area contributed by atoms with Gasteiger partial charge in [-0.15, -0.1) is 0 Å². The fraction of sp³-hybridized carbons (Fsp3) is 0.333. The number of nitrogens with one attached hydrogen (secondary N) is 1. The molecule has 1 aliphatic heterocycles. The highest BCUT2D eigenvalue weighted by molar-refractivity contribution is 9.10. The average Bonchev–Trinajstić information content (AvgIpc) is 3.22. The van der Waals surface area contributed by atoms with Crippen molar-refractivity contribution in [1.29, 1.82) is 5.26 Å². The molecule has 0 aliphatic carbocycles. The third-order valence-electron chi connectivity index (χ3n) is 4.41. The Morgan fingerprint density at radius 1 is 1.25 bits per heavy atom. The standard InChI is InChI=1S/C21H22BrN3O3/c1-2-27-19-12-15(13-23)11-16(22)21(19)28-14-20(26)24-17-7-3-4-8-18(17)25-9-5-6-10-25/h3-4,7-8,11-12H,2,5-6,9-10,14H2,1H3,(H,24,26). The first kappa shape index (κ1) is 20.0. The van der Waals surface area contributed by atoms with E-state index >= 15 is 0 Å². The Bertz CT molecular complexity index is 889. The summed E-state index contributed by atoms with van der Waals surface area (Å²) in [5.74, 6) is 0.577. The molecule has 1 fully saturated rings. The van der Waals surface area contributed by atoms with Crippen LogP contribution in [0.15, 0.2) is 40.9 Å². The number of rotatable bonds is 7. The maximum absolute atomic E-state index is 12.5. The molecule has 6 nitrogen and oxygen atoms in total. The van der Waals surface area contributed by atoms with Gasteiger partial charge in [-0.25, -0.2) is 0 Å². The van der Waals surface area contributed by atoms with Gasteiger partial charge >= 0.3 is 0 Å². The molecule has 0 saturated carbocycles. The van der Waals surface area contributed by atoms with Crippen LogP contribution in [0.1, 0.15) is 25.3 Å². The molecule has 0 atom stereocenters. The molecule has 3 rings (SSSR count). The van der Waals surface area contributed by atoms with Crippen LogP contribution in [0.3, 0.4) is 0 Å². The van der Waals surface area contributed by atoms with Gasteiger partial charge in [0, 0.05) is 19.2 Å². The van der Waals surface area contributed by atoms with E-state index in [2.05, 4.69) is 32.2 Å². The van der Waals surface area contributed by atoms with Gasteiger partial charge in [0.25, 0.3) is 5.91 Å². The predicted octanol–water partition coefficient (Wildman–Crippen LogP) is 4.34. The summed E-state index contributed by atoms with van der Waals surface area (Å²) < 4.78 is 11.8. The van der Waals surface area contributed by atoms with Gasteiger partial charge in [0.05, 0.1) is 34.1 Å². The van der Waals surface area contributed by atoms with Crippen LogP contribution in [0, 0.1) is 11.3 Å². The van der Waals surface area contributed by atoms with Gasteiger partial charge in [-0.2, -0.15) is 5.26 Å². The summed E-state index contributed by atoms with van der Waals surface area (Å²) in [4.78, 5) is 14.8. The first-order valence-corrected chi connectivity index (χ1v) is 10.0. The largest absolute Gasteiger partial charge is 0.490 e. The lowest BCUT2D eigenvalue weighted by Crippen LogP contribution is -2.24. The quantitative estimate of drug-likeness (QED) is 0.688. The molecule has 1 aliphatic rings. The zero-order valence-corrected chi connectivity index (χ0v) is 17.3. The predicted molar refractivity (Wildman–Crippen MR) is 112 cm³/mol. The molecule has 2 aromatic rings. The summed E-state index contributed by atoms with van der Waals surface area (Å²) in [6, 6.07) is 13.1. The Kier molecular flexibility index (Phi) is 6.77. The van der Waals surface area contributed by atoms with Gasteiger partial charge in [0.1, 0.15) is 0 Å². The minimum atomic E-state index is -0.259. The number of amides is 1. The summed E-state index contributed by atoms with van der Waals surface area (Å²) in [6.45, 7) is 4.10. The van der Waals surface area contributed by atoms with E-state index in [9.17, 15) is 4.79 Å². The van der Waals surface area contributed by atoms with Crippen LogP contribution in [0.4, 0.5) is 11.4 Å². The molecule has 2 aromatic carbocycles. The lowest BCUT2D eigenvalue weighted by atomic mass is 10.2. The number of hydrogen-bond acceptors (Lipinski definition) is 5. The molecule has 1 saturated heterocycles. The van der Waals surface area contributed by atoms with Crippen LogP contribution in [0.5, 0.6) is 11.5 Å². The highest BCUT2D eigenvalue weighted by Crippen LogP contribution is 2.37. The molecule has 0 radical (unpaired) electrons. The van der Waals surface area contributed by atoms with Crippen LogP contribution < -0.4 is 19.7 Å². The van der Waals surface area contributed by atoms with Crippen molar-refractivity contribution in [2.24, 2.45) is 0 Å². The van der Waals surface area contributed by atoms with Crippen molar-refractivity contribution in [2.75, 3.05) is 36.5 Å². The topological polar surface area (TPSA) is 74.6 Å². The zero-order valence-electron chi connectivity index (χ0n) is 15.7. The molecule has 146 valence electrons. The molecule has 1 amide bonds. The van der Waals surface area contributed by atoms with Crippen molar-refractivity contribution in [1.82, 2.24) is 0 Å². The number of benzene rings is 2. The Labute approximate surface area is 173 Å². The first-order chi connectivity index (χ1) is 13.6. The maximum Gasteiger partial charge on any atom is 0.262 e. The second-order valence-electron chi connectivity index (χ2n) is 6.38. The Morgan fingerprint density at radius 2 is 2.00 bits per heavy atom. The highest BCUT2D eigenvalue weighted by atomic mass is 79.9. The number of ether oxygens (including phenoxy) is 2. The first-order valence-electron chi connectivity index (χ1n) is 9.25. The van der Waals surface area contributed by atoms with E-state index in [-0.39, 0.29) is 12.5 Å².